The monoisotopic (exact) mass is 571 g/mol. The maximum Gasteiger partial charge on any atom is 0.309 e. The number of carbonyl (C=O) groups is 1. The van der Waals surface area contributed by atoms with Crippen LogP contribution in [-0.2, 0) is 26.0 Å². The fraction of sp³-hybridized carbons (Fsp3) is 0.484. The van der Waals surface area contributed by atoms with Gasteiger partial charge in [0.1, 0.15) is 5.82 Å². The highest BCUT2D eigenvalue weighted by molar-refractivity contribution is 7.89. The second-order valence-corrected chi connectivity index (χ2v) is 12.6. The van der Waals surface area contributed by atoms with Crippen LogP contribution in [-0.4, -0.2) is 67.4 Å². The summed E-state index contributed by atoms with van der Waals surface area (Å²) in [4.78, 5) is 18.4. The van der Waals surface area contributed by atoms with Gasteiger partial charge >= 0.3 is 5.97 Å². The number of sulfonamides is 1. The minimum absolute atomic E-state index is 0.0609. The van der Waals surface area contributed by atoms with E-state index >= 15 is 0 Å². The van der Waals surface area contributed by atoms with Gasteiger partial charge in [0, 0.05) is 37.6 Å². The average Bonchev–Trinajstić information content (AvgIpc) is 2.93. The summed E-state index contributed by atoms with van der Waals surface area (Å²) in [5, 5.41) is 1.65. The molecule has 3 aromatic rings. The molecule has 0 aliphatic carbocycles. The number of esters is 1. The first-order valence-electron chi connectivity index (χ1n) is 13.9. The molecule has 0 spiro atoms. The summed E-state index contributed by atoms with van der Waals surface area (Å²) in [7, 11) is -2.23. The molecule has 2 heterocycles. The van der Waals surface area contributed by atoms with E-state index in [1.54, 1.807) is 6.07 Å². The van der Waals surface area contributed by atoms with Crippen LogP contribution in [0, 0.1) is 5.82 Å². The second-order valence-electron chi connectivity index (χ2n) is 10.7. The molecule has 9 heteroatoms. The number of ether oxygens (including phenoxy) is 1. The predicted molar refractivity (Wildman–Crippen MR) is 157 cm³/mol. The summed E-state index contributed by atoms with van der Waals surface area (Å²) in [6.45, 7) is 13.1. The summed E-state index contributed by atoms with van der Waals surface area (Å²) >= 11 is 0. The Bertz CT molecular complexity index is 1360. The molecular formula is C31H42FN3O4S. The minimum atomic E-state index is -3.57. The van der Waals surface area contributed by atoms with E-state index in [2.05, 4.69) is 44.5 Å². The lowest BCUT2D eigenvalue weighted by Gasteiger charge is -2.32. The molecule has 0 atom stereocenters. The Labute approximate surface area is 238 Å². The molecular weight excluding hydrogens is 529 g/mol. The smallest absolute Gasteiger partial charge is 0.309 e. The maximum atomic E-state index is 14.0. The second kappa shape index (κ2) is 14.1. The summed E-state index contributed by atoms with van der Waals surface area (Å²) in [5.41, 5.74) is 1.74. The van der Waals surface area contributed by atoms with E-state index in [1.807, 2.05) is 12.1 Å². The van der Waals surface area contributed by atoms with Crippen molar-refractivity contribution < 1.29 is 22.3 Å². The third-order valence-electron chi connectivity index (χ3n) is 7.46. The number of nitrogens with zero attached hydrogens (tertiary/aromatic N) is 3. The predicted octanol–water partition coefficient (Wildman–Crippen LogP) is 5.78. The van der Waals surface area contributed by atoms with Crippen molar-refractivity contribution in [3.05, 3.63) is 71.8 Å². The molecule has 0 unspecified atom stereocenters. The number of rotatable bonds is 8. The van der Waals surface area contributed by atoms with Crippen LogP contribution in [0.3, 0.4) is 0 Å². The van der Waals surface area contributed by atoms with E-state index < -0.39 is 10.0 Å². The van der Waals surface area contributed by atoms with Crippen LogP contribution in [0.4, 0.5) is 4.39 Å². The number of hydrogen-bond acceptors (Lipinski definition) is 6. The molecule has 0 radical (unpaired) electrons. The first-order chi connectivity index (χ1) is 19.0. The zero-order valence-electron chi connectivity index (χ0n) is 24.4. The van der Waals surface area contributed by atoms with Gasteiger partial charge in [-0.25, -0.2) is 12.8 Å². The number of benzene rings is 2. The van der Waals surface area contributed by atoms with Crippen molar-refractivity contribution in [1.82, 2.24) is 14.2 Å². The zero-order valence-corrected chi connectivity index (χ0v) is 25.2. The van der Waals surface area contributed by atoms with Gasteiger partial charge in [0.15, 0.2) is 0 Å². The Balaban J connectivity index is 0.000000424. The molecule has 0 N–H and O–H groups in total. The van der Waals surface area contributed by atoms with Gasteiger partial charge in [0.2, 0.25) is 10.0 Å². The van der Waals surface area contributed by atoms with E-state index in [9.17, 15) is 17.6 Å². The van der Waals surface area contributed by atoms with E-state index in [0.717, 1.165) is 28.4 Å². The first-order valence-corrected chi connectivity index (χ1v) is 15.4. The van der Waals surface area contributed by atoms with Crippen LogP contribution in [0.2, 0.25) is 0 Å². The average molecular weight is 572 g/mol. The van der Waals surface area contributed by atoms with Crippen molar-refractivity contribution in [3.63, 3.8) is 0 Å². The Morgan fingerprint density at radius 3 is 2.20 bits per heavy atom. The summed E-state index contributed by atoms with van der Waals surface area (Å²) in [6, 6.07) is 12.8. The topological polar surface area (TPSA) is 79.8 Å². The Morgan fingerprint density at radius 2 is 1.68 bits per heavy atom. The molecule has 2 aromatic carbocycles. The van der Waals surface area contributed by atoms with Crippen LogP contribution in [0.1, 0.15) is 64.5 Å². The van der Waals surface area contributed by atoms with Crippen LogP contribution in [0.15, 0.2) is 59.8 Å². The van der Waals surface area contributed by atoms with E-state index in [0.29, 0.717) is 38.0 Å². The number of fused-ring (bicyclic) bond motifs is 1. The maximum absolute atomic E-state index is 14.0. The highest BCUT2D eigenvalue weighted by Gasteiger charge is 2.30. The van der Waals surface area contributed by atoms with Gasteiger partial charge in [0.25, 0.3) is 0 Å². The SMILES string of the molecule is CCN(C(C)C)C(C)C.COC(=O)Cc1cc(C2CCN(S(=O)(=O)c3ccncc3)CC2)c2cc(F)ccc2c1. The minimum Gasteiger partial charge on any atom is -0.469 e. The molecule has 40 heavy (non-hydrogen) atoms. The van der Waals surface area contributed by atoms with Gasteiger partial charge in [-0.1, -0.05) is 25.1 Å². The Morgan fingerprint density at radius 1 is 1.05 bits per heavy atom. The van der Waals surface area contributed by atoms with Crippen LogP contribution in [0.5, 0.6) is 0 Å². The molecule has 7 nitrogen and oxygen atoms in total. The van der Waals surface area contributed by atoms with Gasteiger partial charge in [-0.3, -0.25) is 14.7 Å². The van der Waals surface area contributed by atoms with Crippen molar-refractivity contribution in [2.45, 2.75) is 76.8 Å². The molecule has 0 amide bonds. The lowest BCUT2D eigenvalue weighted by atomic mass is 9.85. The third-order valence-corrected chi connectivity index (χ3v) is 9.37. The number of hydrogen-bond donors (Lipinski definition) is 0. The van der Waals surface area contributed by atoms with Crippen LogP contribution < -0.4 is 0 Å². The molecule has 1 saturated heterocycles. The fourth-order valence-corrected chi connectivity index (χ4v) is 6.95. The molecule has 218 valence electrons. The van der Waals surface area contributed by atoms with Crippen molar-refractivity contribution in [3.8, 4) is 0 Å². The number of pyridine rings is 1. The van der Waals surface area contributed by atoms with Gasteiger partial charge < -0.3 is 4.74 Å². The Kier molecular flexibility index (Phi) is 11.2. The van der Waals surface area contributed by atoms with E-state index in [4.69, 9.17) is 4.74 Å². The standard InChI is InChI=1S/C23H23FN2O4S.C8H19N/c1-30-23(27)14-16-12-18-2-3-19(24)15-22(18)21(13-16)17-6-10-26(11-7-17)31(28,29)20-4-8-25-9-5-20;1-6-9(7(2)3)8(4)5/h2-5,8-9,12-13,15,17H,6-7,10-11,14H2,1H3;7-8H,6H2,1-5H3. The van der Waals surface area contributed by atoms with Crippen LogP contribution >= 0.6 is 0 Å². The lowest BCUT2D eigenvalue weighted by molar-refractivity contribution is -0.139. The fourth-order valence-electron chi connectivity index (χ4n) is 5.49. The number of halogens is 1. The Hall–Kier alpha value is -2.88. The summed E-state index contributed by atoms with van der Waals surface area (Å²) in [5.74, 6) is -0.608. The highest BCUT2D eigenvalue weighted by atomic mass is 32.2. The third kappa shape index (κ3) is 7.86. The van der Waals surface area contributed by atoms with Crippen molar-refractivity contribution >= 4 is 26.8 Å². The molecule has 1 aliphatic heterocycles. The van der Waals surface area contributed by atoms with Crippen molar-refractivity contribution in [2.75, 3.05) is 26.7 Å². The summed E-state index contributed by atoms with van der Waals surface area (Å²) < 4.78 is 46.0. The van der Waals surface area contributed by atoms with E-state index in [-0.39, 0.29) is 29.0 Å². The molecule has 1 aliphatic rings. The number of aromatic nitrogens is 1. The number of carbonyl (C=O) groups excluding carboxylic acids is 1. The largest absolute Gasteiger partial charge is 0.469 e. The lowest BCUT2D eigenvalue weighted by Crippen LogP contribution is -2.37. The normalized spacial score (nSPS) is 14.9. The van der Waals surface area contributed by atoms with Gasteiger partial charge in [0.05, 0.1) is 18.4 Å². The molecule has 0 saturated carbocycles. The first kappa shape index (κ1) is 31.6. The van der Waals surface area contributed by atoms with Crippen molar-refractivity contribution in [1.29, 1.82) is 0 Å². The van der Waals surface area contributed by atoms with Gasteiger partial charge in [-0.2, -0.15) is 4.31 Å². The molecule has 0 bridgehead atoms. The molecule has 1 aromatic heterocycles. The van der Waals surface area contributed by atoms with Crippen molar-refractivity contribution in [2.24, 2.45) is 0 Å². The van der Waals surface area contributed by atoms with Gasteiger partial charge in [-0.05, 0) is 99.2 Å². The highest BCUT2D eigenvalue weighted by Crippen LogP contribution is 2.36. The molecule has 1 fully saturated rings. The summed E-state index contributed by atoms with van der Waals surface area (Å²) in [6.07, 6.45) is 4.28. The quantitative estimate of drug-likeness (QED) is 0.319. The van der Waals surface area contributed by atoms with E-state index in [1.165, 1.54) is 48.1 Å². The van der Waals surface area contributed by atoms with Crippen LogP contribution in [0.25, 0.3) is 10.8 Å². The number of piperidine rings is 1. The number of methoxy groups -OCH3 is 1. The molecule has 4 rings (SSSR count). The zero-order chi connectivity index (χ0) is 29.4. The van der Waals surface area contributed by atoms with Gasteiger partial charge in [-0.15, -0.1) is 0 Å².